The van der Waals surface area contributed by atoms with E-state index in [0.29, 0.717) is 18.5 Å². The summed E-state index contributed by atoms with van der Waals surface area (Å²) in [6.45, 7) is 6.99. The van der Waals surface area contributed by atoms with Crippen molar-refractivity contribution in [2.24, 2.45) is 4.99 Å². The zero-order valence-corrected chi connectivity index (χ0v) is 18.8. The predicted molar refractivity (Wildman–Crippen MR) is 118 cm³/mol. The first kappa shape index (κ1) is 22.6. The van der Waals surface area contributed by atoms with E-state index in [1.807, 2.05) is 11.6 Å². The van der Waals surface area contributed by atoms with Crippen molar-refractivity contribution in [2.45, 2.75) is 58.7 Å². The van der Waals surface area contributed by atoms with Crippen LogP contribution in [0.2, 0.25) is 0 Å². The molecule has 2 N–H and O–H groups in total. The SMILES string of the molecule is CCNC(=NCc1cc(F)ccc1F)NC1CCc2cn(C(C)C)nc2C1.I. The smallest absolute Gasteiger partial charge is 0.191 e. The molecule has 1 unspecified atom stereocenters. The van der Waals surface area contributed by atoms with Gasteiger partial charge in [-0.2, -0.15) is 5.10 Å². The maximum Gasteiger partial charge on any atom is 0.191 e. The Balaban J connectivity index is 0.00000280. The molecule has 2 aromatic rings. The number of hydrogen-bond donors (Lipinski definition) is 2. The van der Waals surface area contributed by atoms with Crippen molar-refractivity contribution in [3.8, 4) is 0 Å². The maximum atomic E-state index is 13.8. The number of hydrogen-bond acceptors (Lipinski definition) is 2. The van der Waals surface area contributed by atoms with Crippen molar-refractivity contribution in [3.63, 3.8) is 0 Å². The van der Waals surface area contributed by atoms with Crippen LogP contribution in [0.4, 0.5) is 8.78 Å². The van der Waals surface area contributed by atoms with E-state index in [2.05, 4.69) is 35.7 Å². The van der Waals surface area contributed by atoms with Crippen molar-refractivity contribution < 1.29 is 8.78 Å². The van der Waals surface area contributed by atoms with Crippen molar-refractivity contribution in [3.05, 3.63) is 52.9 Å². The number of fused-ring (bicyclic) bond motifs is 1. The summed E-state index contributed by atoms with van der Waals surface area (Å²) in [7, 11) is 0. The van der Waals surface area contributed by atoms with Crippen LogP contribution >= 0.6 is 24.0 Å². The third-order valence-corrected chi connectivity index (χ3v) is 4.73. The Hall–Kier alpha value is -1.71. The second-order valence-corrected chi connectivity index (χ2v) is 7.19. The Morgan fingerprint density at radius 3 is 2.86 bits per heavy atom. The van der Waals surface area contributed by atoms with Gasteiger partial charge in [0.15, 0.2) is 5.96 Å². The summed E-state index contributed by atoms with van der Waals surface area (Å²) in [6.07, 6.45) is 4.92. The van der Waals surface area contributed by atoms with Gasteiger partial charge in [-0.15, -0.1) is 24.0 Å². The Kier molecular flexibility index (Phi) is 8.21. The van der Waals surface area contributed by atoms with Gasteiger partial charge in [-0.05, 0) is 57.4 Å². The van der Waals surface area contributed by atoms with Crippen LogP contribution in [0.1, 0.15) is 50.1 Å². The first-order valence-electron chi connectivity index (χ1n) is 9.52. The number of guanidine groups is 1. The summed E-state index contributed by atoms with van der Waals surface area (Å²) in [5.41, 5.74) is 2.68. The van der Waals surface area contributed by atoms with Crippen molar-refractivity contribution in [1.82, 2.24) is 20.4 Å². The number of aliphatic imine (C=N–C) groups is 1. The van der Waals surface area contributed by atoms with Gasteiger partial charge in [-0.25, -0.2) is 13.8 Å². The Morgan fingerprint density at radius 2 is 2.14 bits per heavy atom. The van der Waals surface area contributed by atoms with E-state index in [9.17, 15) is 8.78 Å². The fourth-order valence-electron chi connectivity index (χ4n) is 3.24. The zero-order valence-electron chi connectivity index (χ0n) is 16.5. The van der Waals surface area contributed by atoms with Crippen molar-refractivity contribution >= 4 is 29.9 Å². The second kappa shape index (κ2) is 10.2. The highest BCUT2D eigenvalue weighted by atomic mass is 127. The van der Waals surface area contributed by atoms with E-state index in [0.717, 1.165) is 37.1 Å². The quantitative estimate of drug-likeness (QED) is 0.369. The van der Waals surface area contributed by atoms with Gasteiger partial charge in [0, 0.05) is 36.8 Å². The molecule has 0 spiro atoms. The van der Waals surface area contributed by atoms with Crippen LogP contribution in [0.15, 0.2) is 29.4 Å². The van der Waals surface area contributed by atoms with Gasteiger partial charge in [0.2, 0.25) is 0 Å². The van der Waals surface area contributed by atoms with Gasteiger partial charge in [0.1, 0.15) is 11.6 Å². The van der Waals surface area contributed by atoms with Crippen LogP contribution in [-0.2, 0) is 19.4 Å². The van der Waals surface area contributed by atoms with Gasteiger partial charge < -0.3 is 10.6 Å². The molecule has 0 fully saturated rings. The first-order valence-corrected chi connectivity index (χ1v) is 9.52. The molecule has 1 aliphatic rings. The number of rotatable bonds is 5. The monoisotopic (exact) mass is 503 g/mol. The molecule has 1 heterocycles. The van der Waals surface area contributed by atoms with Crippen LogP contribution in [0.25, 0.3) is 0 Å². The molecule has 0 saturated carbocycles. The van der Waals surface area contributed by atoms with Crippen LogP contribution in [-0.4, -0.2) is 28.3 Å². The number of aryl methyl sites for hydroxylation is 1. The van der Waals surface area contributed by atoms with E-state index in [1.54, 1.807) is 0 Å². The van der Waals surface area contributed by atoms with E-state index in [1.165, 1.54) is 11.6 Å². The molecule has 0 aliphatic heterocycles. The lowest BCUT2D eigenvalue weighted by atomic mass is 9.94. The molecule has 0 saturated heterocycles. The molecule has 0 bridgehead atoms. The third-order valence-electron chi connectivity index (χ3n) is 4.73. The zero-order chi connectivity index (χ0) is 19.4. The molecule has 5 nitrogen and oxygen atoms in total. The minimum Gasteiger partial charge on any atom is -0.357 e. The molecule has 8 heteroatoms. The van der Waals surface area contributed by atoms with Gasteiger partial charge in [-0.3, -0.25) is 4.68 Å². The Morgan fingerprint density at radius 1 is 1.36 bits per heavy atom. The van der Waals surface area contributed by atoms with Crippen molar-refractivity contribution in [2.75, 3.05) is 6.54 Å². The number of benzene rings is 1. The molecular formula is C20H28F2IN5. The lowest BCUT2D eigenvalue weighted by Gasteiger charge is -2.24. The number of aromatic nitrogens is 2. The standard InChI is InChI=1S/C20H27F2N5.HI/c1-4-23-20(24-11-15-9-16(21)6-8-18(15)22)25-17-7-5-14-12-27(13(2)3)26-19(14)10-17;/h6,8-9,12-13,17H,4-5,7,10-11H2,1-3H3,(H2,23,24,25);1H. The van der Waals surface area contributed by atoms with Crippen LogP contribution in [0, 0.1) is 11.6 Å². The highest BCUT2D eigenvalue weighted by molar-refractivity contribution is 14.0. The average molecular weight is 503 g/mol. The normalized spacial score (nSPS) is 16.5. The van der Waals surface area contributed by atoms with E-state index in [-0.39, 0.29) is 42.1 Å². The molecule has 154 valence electrons. The molecule has 3 rings (SSSR count). The summed E-state index contributed by atoms with van der Waals surface area (Å²) in [4.78, 5) is 4.43. The first-order chi connectivity index (χ1) is 13.0. The van der Waals surface area contributed by atoms with Gasteiger partial charge >= 0.3 is 0 Å². The number of halogens is 3. The summed E-state index contributed by atoms with van der Waals surface area (Å²) in [5.74, 6) is -0.296. The largest absolute Gasteiger partial charge is 0.357 e. The molecule has 0 amide bonds. The summed E-state index contributed by atoms with van der Waals surface area (Å²) >= 11 is 0. The lowest BCUT2D eigenvalue weighted by Crippen LogP contribution is -2.45. The summed E-state index contributed by atoms with van der Waals surface area (Å²) in [5, 5.41) is 11.3. The van der Waals surface area contributed by atoms with Crippen LogP contribution in [0.5, 0.6) is 0 Å². The van der Waals surface area contributed by atoms with E-state index in [4.69, 9.17) is 5.10 Å². The maximum absolute atomic E-state index is 13.8. The minimum absolute atomic E-state index is 0. The third kappa shape index (κ3) is 5.65. The molecular weight excluding hydrogens is 475 g/mol. The van der Waals surface area contributed by atoms with Gasteiger partial charge in [0.25, 0.3) is 0 Å². The molecule has 0 radical (unpaired) electrons. The Labute approximate surface area is 182 Å². The average Bonchev–Trinajstić information content (AvgIpc) is 3.06. The van der Waals surface area contributed by atoms with Gasteiger partial charge in [0.05, 0.1) is 12.2 Å². The van der Waals surface area contributed by atoms with Crippen LogP contribution in [0.3, 0.4) is 0 Å². The highest BCUT2D eigenvalue weighted by Gasteiger charge is 2.23. The molecule has 1 atom stereocenters. The fraction of sp³-hybridized carbons (Fsp3) is 0.500. The molecule has 1 aromatic carbocycles. The van der Waals surface area contributed by atoms with Crippen molar-refractivity contribution in [1.29, 1.82) is 0 Å². The Bertz CT molecular complexity index is 819. The number of nitrogens with zero attached hydrogens (tertiary/aromatic N) is 3. The van der Waals surface area contributed by atoms with Gasteiger partial charge in [-0.1, -0.05) is 0 Å². The van der Waals surface area contributed by atoms with E-state index >= 15 is 0 Å². The highest BCUT2D eigenvalue weighted by Crippen LogP contribution is 2.21. The topological polar surface area (TPSA) is 54.2 Å². The second-order valence-electron chi connectivity index (χ2n) is 7.19. The minimum atomic E-state index is -0.458. The molecule has 28 heavy (non-hydrogen) atoms. The predicted octanol–water partition coefficient (Wildman–Crippen LogP) is 3.97. The molecule has 1 aliphatic carbocycles. The van der Waals surface area contributed by atoms with E-state index < -0.39 is 11.6 Å². The molecule has 1 aromatic heterocycles. The summed E-state index contributed by atoms with van der Waals surface area (Å²) < 4.78 is 29.2. The van der Waals surface area contributed by atoms with Crippen LogP contribution < -0.4 is 10.6 Å². The lowest BCUT2D eigenvalue weighted by molar-refractivity contribution is 0.499. The number of nitrogens with one attached hydrogen (secondary N) is 2. The summed E-state index contributed by atoms with van der Waals surface area (Å²) in [6, 6.07) is 3.99. The fourth-order valence-corrected chi connectivity index (χ4v) is 3.24.